The highest BCUT2D eigenvalue weighted by Crippen LogP contribution is 2.40. The Morgan fingerprint density at radius 2 is 0.807 bits per heavy atom. The molecule has 0 N–H and O–H groups in total. The molecule has 0 aliphatic rings. The van der Waals surface area contributed by atoms with Gasteiger partial charge in [-0.15, -0.1) is 0 Å². The van der Waals surface area contributed by atoms with Gasteiger partial charge in [0.1, 0.15) is 11.2 Å². The van der Waals surface area contributed by atoms with E-state index >= 15 is 0 Å². The fraction of sp³-hybridized carbons (Fsp3) is 0. The molecule has 0 saturated heterocycles. The molecule has 0 bridgehead atoms. The Labute approximate surface area is 327 Å². The average molecular weight is 732 g/mol. The Hall–Kier alpha value is -8.15. The number of benzene rings is 7. The maximum absolute atomic E-state index is 9.43. The topological polar surface area (TPSA) is 114 Å². The van der Waals surface area contributed by atoms with Crippen molar-refractivity contribution in [2.75, 3.05) is 0 Å². The van der Waals surface area contributed by atoms with Crippen LogP contribution < -0.4 is 0 Å². The van der Waals surface area contributed by atoms with E-state index in [4.69, 9.17) is 34.3 Å². The van der Waals surface area contributed by atoms with Crippen molar-refractivity contribution in [3.05, 3.63) is 181 Å². The van der Waals surface area contributed by atoms with Crippen molar-refractivity contribution in [1.82, 2.24) is 29.9 Å². The highest BCUT2D eigenvalue weighted by molar-refractivity contribution is 6.14. The van der Waals surface area contributed by atoms with Crippen molar-refractivity contribution < 1.29 is 4.42 Å². The number of para-hydroxylation sites is 1. The van der Waals surface area contributed by atoms with Crippen LogP contribution in [0.4, 0.5) is 0 Å². The van der Waals surface area contributed by atoms with E-state index in [1.54, 1.807) is 6.07 Å². The van der Waals surface area contributed by atoms with E-state index in [9.17, 15) is 5.26 Å². The van der Waals surface area contributed by atoms with Gasteiger partial charge < -0.3 is 4.42 Å². The molecule has 8 heteroatoms. The first-order chi connectivity index (χ1) is 28.2. The quantitative estimate of drug-likeness (QED) is 0.159. The second kappa shape index (κ2) is 14.3. The minimum Gasteiger partial charge on any atom is -0.455 e. The van der Waals surface area contributed by atoms with Gasteiger partial charge in [-0.3, -0.25) is 0 Å². The largest absolute Gasteiger partial charge is 0.455 e. The smallest absolute Gasteiger partial charge is 0.167 e. The standard InChI is InChI=1S/C49H29N7O/c50-30-31-13-10-20-37(29-31)32-25-27-36(28-26-32)47-52-44(33-14-4-1-5-15-33)53-48(54-47)39-22-12-24-41-42(39)38-21-11-23-40(43(38)57-41)49-55-45(34-16-6-2-7-17-34)51-46(56-49)35-18-8-3-9-19-35/h1-29H. The van der Waals surface area contributed by atoms with Crippen LogP contribution >= 0.6 is 0 Å². The molecule has 0 fully saturated rings. The Kier molecular flexibility index (Phi) is 8.36. The minimum atomic E-state index is 0.505. The SMILES string of the molecule is N#Cc1cccc(-c2ccc(-c3nc(-c4ccccc4)nc(-c4cccc5oc6c(-c7nc(-c8ccccc8)nc(-c8ccccc8)n7)cccc6c45)n3)cc2)c1. The number of hydrogen-bond acceptors (Lipinski definition) is 8. The normalized spacial score (nSPS) is 11.1. The predicted octanol–water partition coefficient (Wildman–Crippen LogP) is 11.5. The number of furan rings is 1. The van der Waals surface area contributed by atoms with Gasteiger partial charge in [-0.25, -0.2) is 29.9 Å². The van der Waals surface area contributed by atoms with Crippen LogP contribution in [0.3, 0.4) is 0 Å². The van der Waals surface area contributed by atoms with Gasteiger partial charge in [-0.2, -0.15) is 5.26 Å². The summed E-state index contributed by atoms with van der Waals surface area (Å²) in [6.07, 6.45) is 0. The lowest BCUT2D eigenvalue weighted by Crippen LogP contribution is -2.00. The van der Waals surface area contributed by atoms with Gasteiger partial charge in [-0.05, 0) is 35.4 Å². The van der Waals surface area contributed by atoms with Crippen LogP contribution in [0.25, 0.3) is 101 Å². The van der Waals surface area contributed by atoms with Gasteiger partial charge in [0.05, 0.1) is 17.2 Å². The van der Waals surface area contributed by atoms with Crippen molar-refractivity contribution in [1.29, 1.82) is 5.26 Å². The number of hydrogen-bond donors (Lipinski definition) is 0. The summed E-state index contributed by atoms with van der Waals surface area (Å²) < 4.78 is 6.70. The molecule has 0 aliphatic carbocycles. The molecular weight excluding hydrogens is 703 g/mol. The van der Waals surface area contributed by atoms with Gasteiger partial charge >= 0.3 is 0 Å². The van der Waals surface area contributed by atoms with E-state index in [1.807, 2.05) is 170 Å². The second-order valence-corrected chi connectivity index (χ2v) is 13.4. The van der Waals surface area contributed by atoms with Gasteiger partial charge in [0, 0.05) is 38.6 Å². The van der Waals surface area contributed by atoms with E-state index < -0.39 is 0 Å². The Morgan fingerprint density at radius 3 is 1.37 bits per heavy atom. The van der Waals surface area contributed by atoms with Gasteiger partial charge in [0.15, 0.2) is 34.9 Å². The molecule has 266 valence electrons. The zero-order valence-corrected chi connectivity index (χ0v) is 30.3. The number of nitrogens with zero attached hydrogens (tertiary/aromatic N) is 7. The van der Waals surface area contributed by atoms with Crippen LogP contribution in [0, 0.1) is 11.3 Å². The summed E-state index contributed by atoms with van der Waals surface area (Å²) in [5.74, 6) is 3.26. The molecule has 8 nitrogen and oxygen atoms in total. The lowest BCUT2D eigenvalue weighted by atomic mass is 10.0. The van der Waals surface area contributed by atoms with Gasteiger partial charge in [0.2, 0.25) is 0 Å². The third-order valence-corrected chi connectivity index (χ3v) is 9.84. The molecule has 0 amide bonds. The van der Waals surface area contributed by atoms with Crippen LogP contribution in [-0.4, -0.2) is 29.9 Å². The van der Waals surface area contributed by atoms with Crippen LogP contribution in [0.2, 0.25) is 0 Å². The molecular formula is C49H29N7O. The molecule has 10 rings (SSSR count). The summed E-state index contributed by atoms with van der Waals surface area (Å²) in [6.45, 7) is 0. The number of rotatable bonds is 7. The molecule has 0 saturated carbocycles. The highest BCUT2D eigenvalue weighted by Gasteiger charge is 2.21. The molecule has 0 unspecified atom stereocenters. The summed E-state index contributed by atoms with van der Waals surface area (Å²) in [5, 5.41) is 11.2. The van der Waals surface area contributed by atoms with Crippen LogP contribution in [0.1, 0.15) is 5.56 Å². The molecule has 7 aromatic carbocycles. The first-order valence-corrected chi connectivity index (χ1v) is 18.4. The van der Waals surface area contributed by atoms with Crippen molar-refractivity contribution in [2.24, 2.45) is 0 Å². The minimum absolute atomic E-state index is 0.505. The molecule has 3 aromatic heterocycles. The second-order valence-electron chi connectivity index (χ2n) is 13.4. The van der Waals surface area contributed by atoms with E-state index in [2.05, 4.69) is 6.07 Å². The van der Waals surface area contributed by atoms with Crippen molar-refractivity contribution >= 4 is 21.9 Å². The fourth-order valence-electron chi connectivity index (χ4n) is 7.06. The molecule has 3 heterocycles. The molecule has 0 radical (unpaired) electrons. The van der Waals surface area contributed by atoms with Gasteiger partial charge in [0.25, 0.3) is 0 Å². The summed E-state index contributed by atoms with van der Waals surface area (Å²) in [6, 6.07) is 59.6. The average Bonchev–Trinajstić information content (AvgIpc) is 3.69. The van der Waals surface area contributed by atoms with Crippen molar-refractivity contribution in [2.45, 2.75) is 0 Å². The Morgan fingerprint density at radius 1 is 0.368 bits per heavy atom. The van der Waals surface area contributed by atoms with Crippen molar-refractivity contribution in [3.63, 3.8) is 0 Å². The molecule has 57 heavy (non-hydrogen) atoms. The maximum Gasteiger partial charge on any atom is 0.167 e. The molecule has 0 spiro atoms. The lowest BCUT2D eigenvalue weighted by Gasteiger charge is -2.10. The van der Waals surface area contributed by atoms with E-state index in [1.165, 1.54) is 0 Å². The maximum atomic E-state index is 9.43. The van der Waals surface area contributed by atoms with E-state index in [0.29, 0.717) is 51.7 Å². The first kappa shape index (κ1) is 33.4. The van der Waals surface area contributed by atoms with E-state index in [-0.39, 0.29) is 0 Å². The van der Waals surface area contributed by atoms with Crippen LogP contribution in [0.5, 0.6) is 0 Å². The predicted molar refractivity (Wildman–Crippen MR) is 223 cm³/mol. The third kappa shape index (κ3) is 6.35. The summed E-state index contributed by atoms with van der Waals surface area (Å²) >= 11 is 0. The van der Waals surface area contributed by atoms with Crippen LogP contribution in [0.15, 0.2) is 180 Å². The summed E-state index contributed by atoms with van der Waals surface area (Å²) in [5.41, 5.74) is 8.93. The Bertz CT molecular complexity index is 3060. The van der Waals surface area contributed by atoms with Crippen molar-refractivity contribution in [3.8, 4) is 85.5 Å². The summed E-state index contributed by atoms with van der Waals surface area (Å²) in [4.78, 5) is 30.0. The van der Waals surface area contributed by atoms with E-state index in [0.717, 1.165) is 55.3 Å². The zero-order chi connectivity index (χ0) is 38.1. The number of aromatic nitrogens is 6. The highest BCUT2D eigenvalue weighted by atomic mass is 16.3. The fourth-order valence-corrected chi connectivity index (χ4v) is 7.06. The third-order valence-electron chi connectivity index (χ3n) is 9.84. The van der Waals surface area contributed by atoms with Gasteiger partial charge in [-0.1, -0.05) is 152 Å². The zero-order valence-electron chi connectivity index (χ0n) is 30.3. The lowest BCUT2D eigenvalue weighted by molar-refractivity contribution is 0.669. The molecule has 0 atom stereocenters. The van der Waals surface area contributed by atoms with Crippen LogP contribution in [-0.2, 0) is 0 Å². The Balaban J connectivity index is 1.13. The summed E-state index contributed by atoms with van der Waals surface area (Å²) in [7, 11) is 0. The first-order valence-electron chi connectivity index (χ1n) is 18.4. The molecule has 10 aromatic rings. The monoisotopic (exact) mass is 731 g/mol. The number of nitriles is 1. The molecule has 0 aliphatic heterocycles. The number of fused-ring (bicyclic) bond motifs is 3.